The molecule has 1 N–H and O–H groups in total. The maximum Gasteiger partial charge on any atom is 0.222 e. The van der Waals surface area contributed by atoms with Gasteiger partial charge in [0.05, 0.1) is 0 Å². The van der Waals surface area contributed by atoms with Crippen LogP contribution in [0.1, 0.15) is 47.0 Å². The van der Waals surface area contributed by atoms with Crippen LogP contribution in [0.4, 0.5) is 0 Å². The molecular weight excluding hydrogens is 212 g/mol. The number of nitrogens with zero attached hydrogens (tertiary/aromatic N) is 1. The largest absolute Gasteiger partial charge is 0.341 e. The molecule has 0 spiro atoms. The SMILES string of the molecule is C[C@H](CC(=O)N1CCCNCC1)CC(C)(C)C. The van der Waals surface area contributed by atoms with E-state index in [1.165, 1.54) is 0 Å². The molecule has 1 aliphatic rings. The molecule has 1 amide bonds. The normalized spacial score (nSPS) is 19.9. The summed E-state index contributed by atoms with van der Waals surface area (Å²) in [6.45, 7) is 12.7. The highest BCUT2D eigenvalue weighted by Crippen LogP contribution is 2.26. The Kier molecular flexibility index (Phi) is 5.44. The van der Waals surface area contributed by atoms with Crippen LogP contribution in [0.3, 0.4) is 0 Å². The maximum absolute atomic E-state index is 12.1. The first kappa shape index (κ1) is 14.5. The van der Waals surface area contributed by atoms with Gasteiger partial charge in [-0.1, -0.05) is 27.7 Å². The van der Waals surface area contributed by atoms with Crippen LogP contribution >= 0.6 is 0 Å². The topological polar surface area (TPSA) is 32.3 Å². The Labute approximate surface area is 106 Å². The zero-order valence-electron chi connectivity index (χ0n) is 11.9. The van der Waals surface area contributed by atoms with E-state index in [1.54, 1.807) is 0 Å². The van der Waals surface area contributed by atoms with Crippen molar-refractivity contribution in [1.29, 1.82) is 0 Å². The third-order valence-electron chi connectivity index (χ3n) is 3.18. The van der Waals surface area contributed by atoms with E-state index < -0.39 is 0 Å². The molecule has 0 saturated carbocycles. The van der Waals surface area contributed by atoms with Gasteiger partial charge in [-0.25, -0.2) is 0 Å². The lowest BCUT2D eigenvalue weighted by molar-refractivity contribution is -0.132. The van der Waals surface area contributed by atoms with Gasteiger partial charge in [-0.3, -0.25) is 4.79 Å². The van der Waals surface area contributed by atoms with E-state index in [2.05, 4.69) is 33.0 Å². The Hall–Kier alpha value is -0.570. The summed E-state index contributed by atoms with van der Waals surface area (Å²) in [7, 11) is 0. The first-order valence-electron chi connectivity index (χ1n) is 6.87. The van der Waals surface area contributed by atoms with Crippen LogP contribution in [0, 0.1) is 11.3 Å². The number of carbonyl (C=O) groups is 1. The zero-order valence-corrected chi connectivity index (χ0v) is 11.9. The molecule has 1 atom stereocenters. The van der Waals surface area contributed by atoms with Crippen LogP contribution in [-0.2, 0) is 4.79 Å². The maximum atomic E-state index is 12.1. The van der Waals surface area contributed by atoms with Crippen molar-refractivity contribution in [3.8, 4) is 0 Å². The summed E-state index contributed by atoms with van der Waals surface area (Å²) in [6.07, 6.45) is 2.90. The molecule has 0 aromatic heterocycles. The molecule has 17 heavy (non-hydrogen) atoms. The van der Waals surface area contributed by atoms with Crippen molar-refractivity contribution >= 4 is 5.91 Å². The molecule has 3 nitrogen and oxygen atoms in total. The first-order chi connectivity index (χ1) is 7.88. The Morgan fingerprint density at radius 1 is 1.29 bits per heavy atom. The summed E-state index contributed by atoms with van der Waals surface area (Å²) in [5, 5.41) is 3.33. The molecule has 0 bridgehead atoms. The van der Waals surface area contributed by atoms with Gasteiger partial charge in [-0.05, 0) is 30.7 Å². The molecule has 1 rings (SSSR count). The number of amides is 1. The molecule has 1 saturated heterocycles. The summed E-state index contributed by atoms with van der Waals surface area (Å²) in [4.78, 5) is 14.2. The van der Waals surface area contributed by atoms with E-state index in [0.29, 0.717) is 23.7 Å². The lowest BCUT2D eigenvalue weighted by Gasteiger charge is -2.26. The minimum atomic E-state index is 0.319. The summed E-state index contributed by atoms with van der Waals surface area (Å²) >= 11 is 0. The number of carbonyl (C=O) groups excluding carboxylic acids is 1. The molecule has 1 heterocycles. The van der Waals surface area contributed by atoms with Crippen LogP contribution < -0.4 is 5.32 Å². The van der Waals surface area contributed by atoms with Crippen molar-refractivity contribution in [2.24, 2.45) is 11.3 Å². The second kappa shape index (κ2) is 6.39. The van der Waals surface area contributed by atoms with E-state index in [0.717, 1.165) is 39.0 Å². The molecule has 1 aliphatic heterocycles. The average Bonchev–Trinajstić information content (AvgIpc) is 2.41. The fourth-order valence-electron chi connectivity index (χ4n) is 2.64. The van der Waals surface area contributed by atoms with Crippen LogP contribution in [0.25, 0.3) is 0 Å². The molecular formula is C14H28N2O. The number of nitrogens with one attached hydrogen (secondary N) is 1. The minimum absolute atomic E-state index is 0.319. The van der Waals surface area contributed by atoms with Gasteiger partial charge in [0.15, 0.2) is 0 Å². The Morgan fingerprint density at radius 2 is 2.00 bits per heavy atom. The molecule has 0 aromatic rings. The van der Waals surface area contributed by atoms with Gasteiger partial charge in [-0.15, -0.1) is 0 Å². The van der Waals surface area contributed by atoms with Crippen molar-refractivity contribution in [2.45, 2.75) is 47.0 Å². The van der Waals surface area contributed by atoms with Crippen LogP contribution in [0.2, 0.25) is 0 Å². The molecule has 0 aliphatic carbocycles. The Balaban J connectivity index is 2.36. The fourth-order valence-corrected chi connectivity index (χ4v) is 2.64. The van der Waals surface area contributed by atoms with Gasteiger partial charge < -0.3 is 10.2 Å². The summed E-state index contributed by atoms with van der Waals surface area (Å²) in [5.74, 6) is 0.823. The molecule has 100 valence electrons. The first-order valence-corrected chi connectivity index (χ1v) is 6.87. The number of rotatable bonds is 3. The number of hydrogen-bond acceptors (Lipinski definition) is 2. The average molecular weight is 240 g/mol. The van der Waals surface area contributed by atoms with Gasteiger partial charge in [0, 0.05) is 26.1 Å². The quantitative estimate of drug-likeness (QED) is 0.821. The van der Waals surface area contributed by atoms with E-state index in [4.69, 9.17) is 0 Å². The molecule has 0 radical (unpaired) electrons. The summed E-state index contributed by atoms with van der Waals surface area (Å²) in [6, 6.07) is 0. The van der Waals surface area contributed by atoms with Gasteiger partial charge in [0.25, 0.3) is 0 Å². The van der Waals surface area contributed by atoms with Crippen molar-refractivity contribution in [3.05, 3.63) is 0 Å². The van der Waals surface area contributed by atoms with Gasteiger partial charge >= 0.3 is 0 Å². The second-order valence-corrected chi connectivity index (χ2v) is 6.56. The smallest absolute Gasteiger partial charge is 0.222 e. The predicted molar refractivity (Wildman–Crippen MR) is 71.9 cm³/mol. The van der Waals surface area contributed by atoms with E-state index in [1.807, 2.05) is 4.90 Å². The third-order valence-corrected chi connectivity index (χ3v) is 3.18. The Morgan fingerprint density at radius 3 is 2.65 bits per heavy atom. The van der Waals surface area contributed by atoms with Crippen LogP contribution in [-0.4, -0.2) is 37.0 Å². The molecule has 3 heteroatoms. The van der Waals surface area contributed by atoms with Crippen molar-refractivity contribution < 1.29 is 4.79 Å². The molecule has 1 fully saturated rings. The highest BCUT2D eigenvalue weighted by Gasteiger charge is 2.21. The van der Waals surface area contributed by atoms with Crippen LogP contribution in [0.15, 0.2) is 0 Å². The lowest BCUT2D eigenvalue weighted by Crippen LogP contribution is -2.35. The molecule has 0 unspecified atom stereocenters. The predicted octanol–water partition coefficient (Wildman–Crippen LogP) is 2.27. The van der Waals surface area contributed by atoms with Crippen molar-refractivity contribution in [3.63, 3.8) is 0 Å². The van der Waals surface area contributed by atoms with Crippen LogP contribution in [0.5, 0.6) is 0 Å². The van der Waals surface area contributed by atoms with E-state index in [9.17, 15) is 4.79 Å². The zero-order chi connectivity index (χ0) is 12.9. The van der Waals surface area contributed by atoms with Crippen molar-refractivity contribution in [2.75, 3.05) is 26.2 Å². The number of hydrogen-bond donors (Lipinski definition) is 1. The summed E-state index contributed by atoms with van der Waals surface area (Å²) in [5.41, 5.74) is 0.319. The standard InChI is InChI=1S/C14H28N2O/c1-12(11-14(2,3)4)10-13(17)16-8-5-6-15-7-9-16/h12,15H,5-11H2,1-4H3/t12-/m1/s1. The molecule has 0 aromatic carbocycles. The third kappa shape index (κ3) is 6.06. The van der Waals surface area contributed by atoms with Crippen molar-refractivity contribution in [1.82, 2.24) is 10.2 Å². The van der Waals surface area contributed by atoms with Gasteiger partial charge in [-0.2, -0.15) is 0 Å². The van der Waals surface area contributed by atoms with Gasteiger partial charge in [0.1, 0.15) is 0 Å². The second-order valence-electron chi connectivity index (χ2n) is 6.56. The monoisotopic (exact) mass is 240 g/mol. The van der Waals surface area contributed by atoms with E-state index in [-0.39, 0.29) is 0 Å². The van der Waals surface area contributed by atoms with E-state index >= 15 is 0 Å². The fraction of sp³-hybridized carbons (Fsp3) is 0.929. The highest BCUT2D eigenvalue weighted by atomic mass is 16.2. The highest BCUT2D eigenvalue weighted by molar-refractivity contribution is 5.76. The summed E-state index contributed by atoms with van der Waals surface area (Å²) < 4.78 is 0. The minimum Gasteiger partial charge on any atom is -0.341 e. The Bertz CT molecular complexity index is 237. The lowest BCUT2D eigenvalue weighted by atomic mass is 9.84. The van der Waals surface area contributed by atoms with Gasteiger partial charge in [0.2, 0.25) is 5.91 Å².